The van der Waals surface area contributed by atoms with Gasteiger partial charge in [-0.3, -0.25) is 19.0 Å². The van der Waals surface area contributed by atoms with Gasteiger partial charge < -0.3 is 20.3 Å². The Morgan fingerprint density at radius 2 is 2.06 bits per heavy atom. The Balaban J connectivity index is 1.43. The number of methoxy groups -OCH3 is 1. The van der Waals surface area contributed by atoms with E-state index >= 15 is 0 Å². The fraction of sp³-hybridized carbons (Fsp3) is 0.409. The molecule has 0 saturated carbocycles. The third-order valence-corrected chi connectivity index (χ3v) is 6.74. The maximum Gasteiger partial charge on any atom is 0.273 e. The summed E-state index contributed by atoms with van der Waals surface area (Å²) in [6, 6.07) is 7.38. The highest BCUT2D eigenvalue weighted by Gasteiger charge is 2.27. The summed E-state index contributed by atoms with van der Waals surface area (Å²) in [4.78, 5) is 48.2. The maximum absolute atomic E-state index is 12.9. The van der Waals surface area contributed by atoms with Crippen LogP contribution in [0.4, 0.5) is 5.13 Å². The molecule has 0 unspecified atom stereocenters. The third kappa shape index (κ3) is 5.14. The zero-order valence-electron chi connectivity index (χ0n) is 18.5. The van der Waals surface area contributed by atoms with Crippen LogP contribution in [-0.2, 0) is 22.7 Å². The molecule has 33 heavy (non-hydrogen) atoms. The van der Waals surface area contributed by atoms with Crippen molar-refractivity contribution in [1.29, 1.82) is 0 Å². The highest BCUT2D eigenvalue weighted by molar-refractivity contribution is 7.22. The molecule has 11 heteroatoms. The minimum Gasteiger partial charge on any atom is -0.497 e. The summed E-state index contributed by atoms with van der Waals surface area (Å²) < 4.78 is 6.82. The molecule has 3 aromatic rings. The SMILES string of the molecule is CNC(=O)[C@H]1CCCN(c2nc3ncn(CC(=O)NCc4ccc(OC)cc4)c(=O)c3s2)C1. The molecule has 1 atom stereocenters. The number of nitrogens with zero attached hydrogens (tertiary/aromatic N) is 4. The van der Waals surface area contributed by atoms with Crippen molar-refractivity contribution in [3.63, 3.8) is 0 Å². The summed E-state index contributed by atoms with van der Waals surface area (Å²) in [5.74, 6) is 0.369. The van der Waals surface area contributed by atoms with Gasteiger partial charge in [-0.25, -0.2) is 4.98 Å². The Kier molecular flexibility index (Phi) is 6.87. The van der Waals surface area contributed by atoms with E-state index in [1.807, 2.05) is 29.2 Å². The number of hydrogen-bond donors (Lipinski definition) is 2. The van der Waals surface area contributed by atoms with Gasteiger partial charge in [-0.05, 0) is 30.5 Å². The molecule has 2 aromatic heterocycles. The highest BCUT2D eigenvalue weighted by atomic mass is 32.1. The second kappa shape index (κ2) is 9.99. The van der Waals surface area contributed by atoms with Crippen LogP contribution in [0.5, 0.6) is 5.75 Å². The van der Waals surface area contributed by atoms with Crippen LogP contribution in [0, 0.1) is 5.92 Å². The molecule has 0 bridgehead atoms. The van der Waals surface area contributed by atoms with Gasteiger partial charge in [-0.1, -0.05) is 23.5 Å². The normalized spacial score (nSPS) is 15.9. The lowest BCUT2D eigenvalue weighted by Crippen LogP contribution is -2.42. The lowest BCUT2D eigenvalue weighted by molar-refractivity contribution is -0.124. The van der Waals surface area contributed by atoms with E-state index in [1.165, 1.54) is 22.2 Å². The number of aromatic nitrogens is 3. The standard InChI is InChI=1S/C22H26N6O4S/c1-23-20(30)15-4-3-9-27(11-15)22-26-19-18(33-22)21(31)28(13-25-19)12-17(29)24-10-14-5-7-16(32-2)8-6-14/h5-8,13,15H,3-4,9-12H2,1-2H3,(H,23,30)(H,24,29)/t15-/m0/s1. The zero-order chi connectivity index (χ0) is 23.4. The number of nitrogens with one attached hydrogen (secondary N) is 2. The molecule has 174 valence electrons. The minimum absolute atomic E-state index is 0.0157. The number of hydrogen-bond acceptors (Lipinski definition) is 8. The molecule has 10 nitrogen and oxygen atoms in total. The summed E-state index contributed by atoms with van der Waals surface area (Å²) >= 11 is 1.25. The lowest BCUT2D eigenvalue weighted by atomic mass is 9.98. The van der Waals surface area contributed by atoms with Gasteiger partial charge in [-0.15, -0.1) is 0 Å². The van der Waals surface area contributed by atoms with Crippen LogP contribution in [0.1, 0.15) is 18.4 Å². The van der Waals surface area contributed by atoms with Crippen LogP contribution < -0.4 is 25.8 Å². The summed E-state index contributed by atoms with van der Waals surface area (Å²) in [7, 11) is 3.23. The molecule has 1 fully saturated rings. The van der Waals surface area contributed by atoms with Crippen LogP contribution >= 0.6 is 11.3 Å². The van der Waals surface area contributed by atoms with Crippen molar-refractivity contribution in [3.05, 3.63) is 46.5 Å². The number of rotatable bonds is 7. The quantitative estimate of drug-likeness (QED) is 0.532. The molecule has 0 spiro atoms. The average molecular weight is 471 g/mol. The molecule has 4 rings (SSSR count). The number of anilines is 1. The van der Waals surface area contributed by atoms with Crippen molar-refractivity contribution in [2.24, 2.45) is 5.92 Å². The summed E-state index contributed by atoms with van der Waals surface area (Å²) in [6.45, 7) is 1.55. The Bertz CT molecular complexity index is 1210. The predicted molar refractivity (Wildman–Crippen MR) is 126 cm³/mol. The van der Waals surface area contributed by atoms with Gasteiger partial charge in [0, 0.05) is 26.7 Å². The van der Waals surface area contributed by atoms with Crippen molar-refractivity contribution >= 4 is 38.6 Å². The van der Waals surface area contributed by atoms with Gasteiger partial charge in [0.05, 0.1) is 13.0 Å². The topological polar surface area (TPSA) is 118 Å². The Morgan fingerprint density at radius 3 is 2.79 bits per heavy atom. The van der Waals surface area contributed by atoms with Gasteiger partial charge in [0.2, 0.25) is 11.8 Å². The molecule has 1 aliphatic rings. The number of carbonyl (C=O) groups is 2. The first-order valence-electron chi connectivity index (χ1n) is 10.7. The second-order valence-corrected chi connectivity index (χ2v) is 8.83. The summed E-state index contributed by atoms with van der Waals surface area (Å²) in [5, 5.41) is 6.19. The third-order valence-electron chi connectivity index (χ3n) is 5.64. The van der Waals surface area contributed by atoms with Crippen molar-refractivity contribution in [1.82, 2.24) is 25.2 Å². The molecular weight excluding hydrogens is 444 g/mol. The number of ether oxygens (including phenoxy) is 1. The first-order chi connectivity index (χ1) is 16.0. The van der Waals surface area contributed by atoms with E-state index in [0.29, 0.717) is 28.6 Å². The van der Waals surface area contributed by atoms with Crippen molar-refractivity contribution < 1.29 is 14.3 Å². The highest BCUT2D eigenvalue weighted by Crippen LogP contribution is 2.29. The van der Waals surface area contributed by atoms with Crippen LogP contribution in [0.15, 0.2) is 35.4 Å². The summed E-state index contributed by atoms with van der Waals surface area (Å²) in [6.07, 6.45) is 3.06. The van der Waals surface area contributed by atoms with E-state index in [0.717, 1.165) is 30.7 Å². The van der Waals surface area contributed by atoms with E-state index in [2.05, 4.69) is 20.6 Å². The van der Waals surface area contributed by atoms with Crippen molar-refractivity contribution in [2.45, 2.75) is 25.9 Å². The zero-order valence-corrected chi connectivity index (χ0v) is 19.4. The van der Waals surface area contributed by atoms with E-state index in [4.69, 9.17) is 4.74 Å². The van der Waals surface area contributed by atoms with E-state index in [9.17, 15) is 14.4 Å². The largest absolute Gasteiger partial charge is 0.497 e. The predicted octanol–water partition coefficient (Wildman–Crippen LogP) is 1.14. The molecular formula is C22H26N6O4S. The Hall–Kier alpha value is -3.47. The number of benzene rings is 1. The van der Waals surface area contributed by atoms with Gasteiger partial charge in [-0.2, -0.15) is 4.98 Å². The smallest absolute Gasteiger partial charge is 0.273 e. The molecule has 1 saturated heterocycles. The lowest BCUT2D eigenvalue weighted by Gasteiger charge is -2.31. The molecule has 2 amide bonds. The monoisotopic (exact) mass is 470 g/mol. The van der Waals surface area contributed by atoms with E-state index < -0.39 is 0 Å². The molecule has 2 N–H and O–H groups in total. The van der Waals surface area contributed by atoms with Gasteiger partial charge >= 0.3 is 0 Å². The van der Waals surface area contributed by atoms with Crippen molar-refractivity contribution in [2.75, 3.05) is 32.1 Å². The number of fused-ring (bicyclic) bond motifs is 1. The Morgan fingerprint density at radius 1 is 1.27 bits per heavy atom. The molecule has 0 aliphatic carbocycles. The fourth-order valence-corrected chi connectivity index (χ4v) is 4.81. The molecule has 1 aliphatic heterocycles. The second-order valence-electron chi connectivity index (χ2n) is 7.85. The number of amides is 2. The maximum atomic E-state index is 12.9. The first-order valence-corrected chi connectivity index (χ1v) is 11.5. The van der Waals surface area contributed by atoms with Crippen LogP contribution in [0.25, 0.3) is 10.3 Å². The van der Waals surface area contributed by atoms with E-state index in [-0.39, 0.29) is 29.8 Å². The number of piperidine rings is 1. The molecule has 1 aromatic carbocycles. The van der Waals surface area contributed by atoms with Crippen molar-refractivity contribution in [3.8, 4) is 5.75 Å². The van der Waals surface area contributed by atoms with Gasteiger partial charge in [0.15, 0.2) is 10.8 Å². The summed E-state index contributed by atoms with van der Waals surface area (Å²) in [5.41, 5.74) is 0.980. The Labute approximate surface area is 194 Å². The number of carbonyl (C=O) groups excluding carboxylic acids is 2. The van der Waals surface area contributed by atoms with Crippen LogP contribution in [-0.4, -0.2) is 53.6 Å². The van der Waals surface area contributed by atoms with E-state index in [1.54, 1.807) is 14.2 Å². The number of thiazole rings is 1. The molecule has 0 radical (unpaired) electrons. The van der Waals surface area contributed by atoms with Gasteiger partial charge in [0.1, 0.15) is 23.3 Å². The fourth-order valence-electron chi connectivity index (χ4n) is 3.81. The molecule has 3 heterocycles. The van der Waals surface area contributed by atoms with Crippen LogP contribution in [0.3, 0.4) is 0 Å². The average Bonchev–Trinajstić information content (AvgIpc) is 3.30. The van der Waals surface area contributed by atoms with Crippen LogP contribution in [0.2, 0.25) is 0 Å². The van der Waals surface area contributed by atoms with Gasteiger partial charge in [0.25, 0.3) is 5.56 Å². The first kappa shape index (κ1) is 22.7. The minimum atomic E-state index is -0.303.